The second-order valence-corrected chi connectivity index (χ2v) is 2.92. The largest absolute Gasteiger partial charge is 0.395 e. The predicted molar refractivity (Wildman–Crippen MR) is 52.0 cm³/mol. The maximum Gasteiger partial charge on any atom is 0.200 e. The van der Waals surface area contributed by atoms with Gasteiger partial charge in [0.05, 0.1) is 13.2 Å². The lowest BCUT2D eigenvalue weighted by Crippen LogP contribution is -2.47. The minimum absolute atomic E-state index is 0.289. The number of aliphatic hydroxyl groups is 1. The fourth-order valence-electron chi connectivity index (χ4n) is 0.957. The van der Waals surface area contributed by atoms with Crippen LogP contribution in [0.4, 0.5) is 4.39 Å². The zero-order chi connectivity index (χ0) is 11.9. The molecule has 0 bridgehead atoms. The Morgan fingerprint density at radius 1 is 1.73 bits per heavy atom. The minimum atomic E-state index is -1.84. The Balaban J connectivity index is 4.85. The molecule has 0 aliphatic rings. The maximum absolute atomic E-state index is 13.3. The van der Waals surface area contributed by atoms with E-state index in [4.69, 9.17) is 28.0 Å². The first-order valence-corrected chi connectivity index (χ1v) is 4.26. The average Bonchev–Trinajstić information content (AvgIpc) is 2.18. The van der Waals surface area contributed by atoms with Crippen LogP contribution in [-0.2, 0) is 9.47 Å². The van der Waals surface area contributed by atoms with E-state index in [1.807, 2.05) is 0 Å². The van der Waals surface area contributed by atoms with Crippen LogP contribution in [0.1, 0.15) is 6.92 Å². The number of aliphatic hydroxyl groups excluding tert-OH is 1. The lowest BCUT2D eigenvalue weighted by atomic mass is 10.00. The third-order valence-electron chi connectivity index (χ3n) is 1.72. The van der Waals surface area contributed by atoms with E-state index in [0.29, 0.717) is 0 Å². The van der Waals surface area contributed by atoms with Gasteiger partial charge in [-0.25, -0.2) is 4.39 Å². The third kappa shape index (κ3) is 4.05. The van der Waals surface area contributed by atoms with Gasteiger partial charge in [0.15, 0.2) is 5.72 Å². The van der Waals surface area contributed by atoms with Crippen molar-refractivity contribution in [2.24, 2.45) is 5.11 Å². The van der Waals surface area contributed by atoms with E-state index in [0.717, 1.165) is 6.92 Å². The van der Waals surface area contributed by atoms with Gasteiger partial charge in [0, 0.05) is 18.0 Å². The minimum Gasteiger partial charge on any atom is -0.395 e. The normalized spacial score (nSPS) is 18.7. The summed E-state index contributed by atoms with van der Waals surface area (Å²) in [6.45, 7) is 0.347. The first-order valence-electron chi connectivity index (χ1n) is 4.26. The van der Waals surface area contributed by atoms with Gasteiger partial charge in [-0.3, -0.25) is 0 Å². The Hall–Kier alpha value is -0.815. The highest BCUT2D eigenvalue weighted by molar-refractivity contribution is 6.11. The smallest absolute Gasteiger partial charge is 0.200 e. The summed E-state index contributed by atoms with van der Waals surface area (Å²) < 4.78 is 22.9. The molecule has 0 spiro atoms. The molecule has 84 valence electrons. The van der Waals surface area contributed by atoms with E-state index < -0.39 is 24.5 Å². The van der Waals surface area contributed by atoms with Crippen LogP contribution >= 0.6 is 0 Å². The van der Waals surface area contributed by atoms with E-state index in [-0.39, 0.29) is 6.61 Å². The number of ether oxygens (including phenoxy) is 2. The summed E-state index contributed by atoms with van der Waals surface area (Å²) in [6, 6.07) is -1.14. The fourth-order valence-corrected chi connectivity index (χ4v) is 0.957. The Bertz CT molecular complexity index is 238. The second kappa shape index (κ2) is 6.63. The molecule has 0 rings (SSSR count). The van der Waals surface area contributed by atoms with Gasteiger partial charge in [0.25, 0.3) is 0 Å². The Kier molecular flexibility index (Phi) is 6.27. The van der Waals surface area contributed by atoms with Gasteiger partial charge in [-0.1, -0.05) is 5.11 Å². The number of methoxy groups -OCH3 is 1. The molecular weight excluding hydrogens is 204 g/mol. The molecule has 0 unspecified atom stereocenters. The Morgan fingerprint density at radius 2 is 2.33 bits per heavy atom. The Morgan fingerprint density at radius 3 is 2.67 bits per heavy atom. The second-order valence-electron chi connectivity index (χ2n) is 2.92. The molecule has 15 heavy (non-hydrogen) atoms. The molecule has 0 aromatic heterocycles. The van der Waals surface area contributed by atoms with Crippen LogP contribution in [0.25, 0.3) is 10.4 Å². The molecule has 0 amide bonds. The summed E-state index contributed by atoms with van der Waals surface area (Å²) in [5.41, 5.74) is 6.47. The number of alkyl halides is 1. The molecule has 0 aromatic rings. The average molecular weight is 217 g/mol. The molecule has 3 atom stereocenters. The number of nitrogens with zero attached hydrogens (tertiary/aromatic N) is 3. The van der Waals surface area contributed by atoms with Crippen LogP contribution in [0.3, 0.4) is 0 Å². The molecule has 0 saturated heterocycles. The highest BCUT2D eigenvalue weighted by Gasteiger charge is 2.38. The summed E-state index contributed by atoms with van der Waals surface area (Å²) in [6.07, 6.45) is -1.62. The summed E-state index contributed by atoms with van der Waals surface area (Å²) in [4.78, 5) is 2.48. The molecule has 0 aromatic carbocycles. The van der Waals surface area contributed by atoms with Crippen molar-refractivity contribution in [3.05, 3.63) is 10.4 Å². The van der Waals surface area contributed by atoms with Crippen LogP contribution in [0.2, 0.25) is 0 Å². The summed E-state index contributed by atoms with van der Waals surface area (Å²) in [5.74, 6) is 0. The number of hydrogen-bond donors (Lipinski definition) is 1. The molecule has 0 saturated carbocycles. The molecule has 2 radical (unpaired) electrons. The standard InChI is InChI=1S/C7H13BFN3O3/c1-5(9)7(4-14-2,11-12-10)15-6(8)3-13/h5-6,13H,3-4H2,1-2H3/t5-,6+,7+/m0/s1. The number of hydrogen-bond acceptors (Lipinski definition) is 4. The van der Waals surface area contributed by atoms with Crippen LogP contribution in [0.5, 0.6) is 0 Å². The molecule has 0 aliphatic heterocycles. The van der Waals surface area contributed by atoms with Crippen LogP contribution < -0.4 is 0 Å². The van der Waals surface area contributed by atoms with E-state index >= 15 is 0 Å². The van der Waals surface area contributed by atoms with Crippen LogP contribution in [0.15, 0.2) is 5.11 Å². The topological polar surface area (TPSA) is 87.5 Å². The van der Waals surface area contributed by atoms with Crippen molar-refractivity contribution in [3.8, 4) is 0 Å². The third-order valence-corrected chi connectivity index (χ3v) is 1.72. The SMILES string of the molecule is [B][C@@H](CO)O[C@@](COC)(N=[N+]=[N-])[C@H](C)F. The van der Waals surface area contributed by atoms with E-state index in [1.165, 1.54) is 7.11 Å². The molecular formula is C7H13BFN3O3. The van der Waals surface area contributed by atoms with Crippen molar-refractivity contribution < 1.29 is 19.0 Å². The van der Waals surface area contributed by atoms with Crippen molar-refractivity contribution in [3.63, 3.8) is 0 Å². The van der Waals surface area contributed by atoms with Gasteiger partial charge < -0.3 is 14.6 Å². The van der Waals surface area contributed by atoms with Crippen LogP contribution in [0, 0.1) is 0 Å². The van der Waals surface area contributed by atoms with E-state index in [2.05, 4.69) is 10.0 Å². The van der Waals surface area contributed by atoms with Gasteiger partial charge in [-0.05, 0) is 12.5 Å². The van der Waals surface area contributed by atoms with Crippen molar-refractivity contribution in [1.82, 2.24) is 0 Å². The monoisotopic (exact) mass is 217 g/mol. The Labute approximate surface area is 88.4 Å². The molecule has 6 nitrogen and oxygen atoms in total. The van der Waals surface area contributed by atoms with Gasteiger partial charge in [-0.15, -0.1) is 0 Å². The molecule has 0 fully saturated rings. The van der Waals surface area contributed by atoms with Crippen molar-refractivity contribution in [2.45, 2.75) is 24.8 Å². The van der Waals surface area contributed by atoms with Gasteiger partial charge in [0.2, 0.25) is 0 Å². The summed E-state index contributed by atoms with van der Waals surface area (Å²) in [7, 11) is 6.58. The zero-order valence-electron chi connectivity index (χ0n) is 8.63. The van der Waals surface area contributed by atoms with Crippen molar-refractivity contribution in [1.29, 1.82) is 0 Å². The molecule has 0 heterocycles. The molecule has 0 aliphatic carbocycles. The zero-order valence-corrected chi connectivity index (χ0v) is 8.63. The van der Waals surface area contributed by atoms with Crippen LogP contribution in [-0.4, -0.2) is 51.2 Å². The predicted octanol–water partition coefficient (Wildman–Crippen LogP) is 0.501. The van der Waals surface area contributed by atoms with E-state index in [1.54, 1.807) is 0 Å². The highest BCUT2D eigenvalue weighted by Crippen LogP contribution is 2.23. The maximum atomic E-state index is 13.3. The summed E-state index contributed by atoms with van der Waals surface area (Å²) >= 11 is 0. The van der Waals surface area contributed by atoms with E-state index in [9.17, 15) is 4.39 Å². The summed E-state index contributed by atoms with van der Waals surface area (Å²) in [5, 5.41) is 11.9. The molecule has 1 N–H and O–H groups in total. The van der Waals surface area contributed by atoms with Gasteiger partial charge in [-0.2, -0.15) is 0 Å². The van der Waals surface area contributed by atoms with Gasteiger partial charge in [0.1, 0.15) is 14.0 Å². The fraction of sp³-hybridized carbons (Fsp3) is 1.00. The number of rotatable bonds is 7. The van der Waals surface area contributed by atoms with Crippen molar-refractivity contribution in [2.75, 3.05) is 20.3 Å². The van der Waals surface area contributed by atoms with Crippen molar-refractivity contribution >= 4 is 7.85 Å². The van der Waals surface area contributed by atoms with Gasteiger partial charge >= 0.3 is 0 Å². The first kappa shape index (κ1) is 14.2. The quantitative estimate of drug-likeness (QED) is 0.291. The number of halogens is 1. The first-order chi connectivity index (χ1) is 7.02. The molecule has 8 heteroatoms. The lowest BCUT2D eigenvalue weighted by molar-refractivity contribution is -0.142. The lowest BCUT2D eigenvalue weighted by Gasteiger charge is -2.32. The number of azide groups is 1. The highest BCUT2D eigenvalue weighted by atomic mass is 19.1.